The van der Waals surface area contributed by atoms with Crippen LogP contribution in [0.1, 0.15) is 18.7 Å². The summed E-state index contributed by atoms with van der Waals surface area (Å²) in [4.78, 5) is 0. The lowest BCUT2D eigenvalue weighted by molar-refractivity contribution is 0.482. The normalized spacial score (nSPS) is 11.9. The molecule has 0 saturated heterocycles. The zero-order chi connectivity index (χ0) is 14.5. The third-order valence-corrected chi connectivity index (χ3v) is 3.19. The Morgan fingerprint density at radius 2 is 1.57 bits per heavy atom. The second-order valence-corrected chi connectivity index (χ2v) is 4.82. The number of rotatable bonds is 5. The lowest BCUT2D eigenvalue weighted by Crippen LogP contribution is -2.05. The van der Waals surface area contributed by atoms with Crippen LogP contribution >= 0.6 is 0 Å². The van der Waals surface area contributed by atoms with Gasteiger partial charge in [0, 0.05) is 5.69 Å². The minimum absolute atomic E-state index is 0.126. The topological polar surface area (TPSA) is 34.4 Å². The van der Waals surface area contributed by atoms with Crippen molar-refractivity contribution in [1.29, 1.82) is 0 Å². The summed E-state index contributed by atoms with van der Waals surface area (Å²) in [5.41, 5.74) is 1.03. The number of anilines is 1. The lowest BCUT2D eigenvalue weighted by Gasteiger charge is -2.13. The highest BCUT2D eigenvalue weighted by atomic mass is 16.5. The zero-order valence-electron chi connectivity index (χ0n) is 11.8. The fraction of sp³-hybridized carbons (Fsp3) is 0.111. The van der Waals surface area contributed by atoms with Crippen molar-refractivity contribution < 1.29 is 9.15 Å². The van der Waals surface area contributed by atoms with E-state index in [-0.39, 0.29) is 6.04 Å². The van der Waals surface area contributed by atoms with Gasteiger partial charge in [-0.15, -0.1) is 0 Å². The highest BCUT2D eigenvalue weighted by Gasteiger charge is 2.07. The molecule has 0 aliphatic carbocycles. The van der Waals surface area contributed by atoms with Crippen molar-refractivity contribution in [3.8, 4) is 11.5 Å². The van der Waals surface area contributed by atoms with Crippen molar-refractivity contribution in [1.82, 2.24) is 0 Å². The van der Waals surface area contributed by atoms with E-state index in [1.807, 2.05) is 66.7 Å². The third-order valence-electron chi connectivity index (χ3n) is 3.19. The molecule has 3 rings (SSSR count). The van der Waals surface area contributed by atoms with Crippen LogP contribution in [0, 0.1) is 0 Å². The van der Waals surface area contributed by atoms with Crippen LogP contribution in [0.4, 0.5) is 5.69 Å². The monoisotopic (exact) mass is 279 g/mol. The van der Waals surface area contributed by atoms with Crippen molar-refractivity contribution in [3.63, 3.8) is 0 Å². The first-order valence-corrected chi connectivity index (χ1v) is 6.94. The molecule has 1 N–H and O–H groups in total. The van der Waals surface area contributed by atoms with Crippen LogP contribution in [0.2, 0.25) is 0 Å². The molecule has 2 aromatic carbocycles. The van der Waals surface area contributed by atoms with Crippen molar-refractivity contribution in [2.75, 3.05) is 5.32 Å². The van der Waals surface area contributed by atoms with Crippen molar-refractivity contribution >= 4 is 5.69 Å². The molecule has 1 unspecified atom stereocenters. The zero-order valence-corrected chi connectivity index (χ0v) is 11.8. The molecule has 1 heterocycles. The van der Waals surface area contributed by atoms with E-state index in [0.29, 0.717) is 0 Å². The maximum absolute atomic E-state index is 5.76. The van der Waals surface area contributed by atoms with Gasteiger partial charge in [0.1, 0.15) is 17.3 Å². The van der Waals surface area contributed by atoms with Gasteiger partial charge in [0.25, 0.3) is 0 Å². The Kier molecular flexibility index (Phi) is 3.92. The number of benzene rings is 2. The maximum atomic E-state index is 5.76. The van der Waals surface area contributed by atoms with Gasteiger partial charge >= 0.3 is 0 Å². The summed E-state index contributed by atoms with van der Waals surface area (Å²) in [5, 5.41) is 3.39. The van der Waals surface area contributed by atoms with E-state index < -0.39 is 0 Å². The van der Waals surface area contributed by atoms with E-state index in [4.69, 9.17) is 9.15 Å². The van der Waals surface area contributed by atoms with Gasteiger partial charge in [0.2, 0.25) is 0 Å². The van der Waals surface area contributed by atoms with Crippen LogP contribution < -0.4 is 10.1 Å². The molecular formula is C18H17NO2. The van der Waals surface area contributed by atoms with E-state index in [1.165, 1.54) is 0 Å². The Morgan fingerprint density at radius 1 is 0.857 bits per heavy atom. The Morgan fingerprint density at radius 3 is 2.24 bits per heavy atom. The molecule has 0 aliphatic rings. The van der Waals surface area contributed by atoms with Crippen LogP contribution in [0.5, 0.6) is 11.5 Å². The largest absolute Gasteiger partial charge is 0.467 e. The molecule has 106 valence electrons. The molecule has 0 aliphatic heterocycles. The van der Waals surface area contributed by atoms with E-state index in [9.17, 15) is 0 Å². The van der Waals surface area contributed by atoms with Gasteiger partial charge in [-0.05, 0) is 55.5 Å². The average Bonchev–Trinajstić information content (AvgIpc) is 3.05. The average molecular weight is 279 g/mol. The molecule has 0 fully saturated rings. The molecule has 0 amide bonds. The van der Waals surface area contributed by atoms with Crippen LogP contribution in [0.25, 0.3) is 0 Å². The Hall–Kier alpha value is -2.68. The molecule has 1 aromatic heterocycles. The molecular weight excluding hydrogens is 262 g/mol. The first-order valence-electron chi connectivity index (χ1n) is 6.94. The predicted molar refractivity (Wildman–Crippen MR) is 83.7 cm³/mol. The first kappa shape index (κ1) is 13.3. The van der Waals surface area contributed by atoms with Crippen molar-refractivity contribution in [2.24, 2.45) is 0 Å². The molecule has 3 nitrogen and oxygen atoms in total. The lowest BCUT2D eigenvalue weighted by atomic mass is 10.2. The fourth-order valence-electron chi connectivity index (χ4n) is 2.10. The van der Waals surface area contributed by atoms with Gasteiger partial charge in [-0.1, -0.05) is 18.2 Å². The van der Waals surface area contributed by atoms with Crippen LogP contribution in [-0.4, -0.2) is 0 Å². The molecule has 0 spiro atoms. The number of furan rings is 1. The first-order chi connectivity index (χ1) is 10.3. The predicted octanol–water partition coefficient (Wildman–Crippen LogP) is 5.25. The Bertz CT molecular complexity index is 660. The standard InChI is InChI=1S/C18H17NO2/c1-14(18-8-5-13-20-18)19-15-9-11-17(12-10-15)21-16-6-3-2-4-7-16/h2-14,19H,1H3. The van der Waals surface area contributed by atoms with Crippen LogP contribution in [0.15, 0.2) is 77.4 Å². The third kappa shape index (κ3) is 3.45. The highest BCUT2D eigenvalue weighted by Crippen LogP contribution is 2.25. The summed E-state index contributed by atoms with van der Waals surface area (Å²) >= 11 is 0. The Labute approximate surface area is 124 Å². The molecule has 3 aromatic rings. The fourth-order valence-corrected chi connectivity index (χ4v) is 2.10. The smallest absolute Gasteiger partial charge is 0.127 e. The number of para-hydroxylation sites is 1. The number of nitrogens with one attached hydrogen (secondary N) is 1. The summed E-state index contributed by atoms with van der Waals surface area (Å²) < 4.78 is 11.1. The minimum atomic E-state index is 0.126. The number of hydrogen-bond acceptors (Lipinski definition) is 3. The van der Waals surface area contributed by atoms with E-state index in [1.54, 1.807) is 6.26 Å². The van der Waals surface area contributed by atoms with Gasteiger partial charge in [0.15, 0.2) is 0 Å². The second-order valence-electron chi connectivity index (χ2n) is 4.82. The molecule has 0 bridgehead atoms. The molecule has 21 heavy (non-hydrogen) atoms. The molecule has 3 heteroatoms. The van der Waals surface area contributed by atoms with Gasteiger partial charge in [-0.25, -0.2) is 0 Å². The van der Waals surface area contributed by atoms with E-state index in [0.717, 1.165) is 22.9 Å². The molecule has 1 atom stereocenters. The number of hydrogen-bond donors (Lipinski definition) is 1. The summed E-state index contributed by atoms with van der Waals surface area (Å²) in [6.07, 6.45) is 1.68. The second kappa shape index (κ2) is 6.18. The summed E-state index contributed by atoms with van der Waals surface area (Å²) in [6.45, 7) is 2.06. The summed E-state index contributed by atoms with van der Waals surface area (Å²) in [5.74, 6) is 2.57. The summed E-state index contributed by atoms with van der Waals surface area (Å²) in [6, 6.07) is 21.6. The van der Waals surface area contributed by atoms with Gasteiger partial charge in [0.05, 0.1) is 12.3 Å². The Balaban J connectivity index is 1.64. The van der Waals surface area contributed by atoms with Crippen molar-refractivity contribution in [2.45, 2.75) is 13.0 Å². The number of ether oxygens (including phenoxy) is 1. The van der Waals surface area contributed by atoms with Crippen molar-refractivity contribution in [3.05, 3.63) is 78.8 Å². The van der Waals surface area contributed by atoms with Crippen LogP contribution in [0.3, 0.4) is 0 Å². The minimum Gasteiger partial charge on any atom is -0.467 e. The molecule has 0 saturated carbocycles. The quantitative estimate of drug-likeness (QED) is 0.693. The van der Waals surface area contributed by atoms with Gasteiger partial charge in [-0.3, -0.25) is 0 Å². The van der Waals surface area contributed by atoms with Gasteiger partial charge < -0.3 is 14.5 Å². The van der Waals surface area contributed by atoms with Gasteiger partial charge in [-0.2, -0.15) is 0 Å². The maximum Gasteiger partial charge on any atom is 0.127 e. The SMILES string of the molecule is CC(Nc1ccc(Oc2ccccc2)cc1)c1ccco1. The van der Waals surface area contributed by atoms with E-state index in [2.05, 4.69) is 12.2 Å². The summed E-state index contributed by atoms with van der Waals surface area (Å²) in [7, 11) is 0. The molecule has 0 radical (unpaired) electrons. The van der Waals surface area contributed by atoms with E-state index >= 15 is 0 Å². The van der Waals surface area contributed by atoms with Crippen LogP contribution in [-0.2, 0) is 0 Å². The highest BCUT2D eigenvalue weighted by molar-refractivity contribution is 5.48.